The van der Waals surface area contributed by atoms with Gasteiger partial charge in [-0.05, 0) is 44.6 Å². The maximum absolute atomic E-state index is 12.6. The standard InChI is InChI=1S/C21H32N6O3/c1-13(2)22-19(28)11-21(3)7-6-14(10-21)16-9-18(25-24-16)23-20(29)17-8-15(12-30-5)26-27(17)4/h8-9,13-14H,6-7,10-12H2,1-5H3,(H,22,28)(H2,23,24,25,29)/t14-,21+/m1/s1. The van der Waals surface area contributed by atoms with Gasteiger partial charge in [-0.1, -0.05) is 6.92 Å². The van der Waals surface area contributed by atoms with Crippen molar-refractivity contribution in [2.24, 2.45) is 12.5 Å². The van der Waals surface area contributed by atoms with Gasteiger partial charge in [0.05, 0.1) is 12.3 Å². The fourth-order valence-corrected chi connectivity index (χ4v) is 4.26. The van der Waals surface area contributed by atoms with Crippen molar-refractivity contribution in [1.82, 2.24) is 25.3 Å². The predicted molar refractivity (Wildman–Crippen MR) is 113 cm³/mol. The first-order chi connectivity index (χ1) is 14.2. The summed E-state index contributed by atoms with van der Waals surface area (Å²) in [6, 6.07) is 3.74. The third-order valence-electron chi connectivity index (χ3n) is 5.61. The molecule has 1 aliphatic rings. The van der Waals surface area contributed by atoms with E-state index >= 15 is 0 Å². The van der Waals surface area contributed by atoms with Crippen LogP contribution >= 0.6 is 0 Å². The molecule has 0 saturated heterocycles. The number of hydrogen-bond acceptors (Lipinski definition) is 5. The van der Waals surface area contributed by atoms with E-state index in [0.717, 1.165) is 25.0 Å². The molecular formula is C21H32N6O3. The number of rotatable bonds is 8. The van der Waals surface area contributed by atoms with Crippen LogP contribution in [0.2, 0.25) is 0 Å². The van der Waals surface area contributed by atoms with E-state index in [2.05, 4.69) is 32.9 Å². The predicted octanol–water partition coefficient (Wildman–Crippen LogP) is 2.73. The Labute approximate surface area is 176 Å². The number of amides is 2. The molecule has 3 N–H and O–H groups in total. The second kappa shape index (κ2) is 8.99. The molecule has 0 aliphatic heterocycles. The Bertz CT molecular complexity index is 902. The van der Waals surface area contributed by atoms with E-state index < -0.39 is 0 Å². The minimum atomic E-state index is -0.271. The van der Waals surface area contributed by atoms with Gasteiger partial charge in [-0.3, -0.25) is 19.4 Å². The molecule has 2 aromatic rings. The second-order valence-electron chi connectivity index (χ2n) is 8.89. The lowest BCUT2D eigenvalue weighted by Gasteiger charge is -2.24. The molecule has 2 atom stereocenters. The number of aromatic nitrogens is 4. The first kappa shape index (κ1) is 22.0. The van der Waals surface area contributed by atoms with Crippen molar-refractivity contribution in [3.05, 3.63) is 29.2 Å². The number of nitrogens with one attached hydrogen (secondary N) is 3. The topological polar surface area (TPSA) is 114 Å². The summed E-state index contributed by atoms with van der Waals surface area (Å²) < 4.78 is 6.59. The number of carbonyl (C=O) groups excluding carboxylic acids is 2. The molecule has 0 unspecified atom stereocenters. The molecule has 164 valence electrons. The summed E-state index contributed by atoms with van der Waals surface area (Å²) in [7, 11) is 3.31. The minimum Gasteiger partial charge on any atom is -0.378 e. The third-order valence-corrected chi connectivity index (χ3v) is 5.61. The van der Waals surface area contributed by atoms with Crippen molar-refractivity contribution in [2.45, 2.75) is 65.0 Å². The van der Waals surface area contributed by atoms with Crippen molar-refractivity contribution >= 4 is 17.6 Å². The van der Waals surface area contributed by atoms with Crippen LogP contribution in [0.4, 0.5) is 5.82 Å². The average molecular weight is 417 g/mol. The normalized spacial score (nSPS) is 21.2. The zero-order valence-electron chi connectivity index (χ0n) is 18.4. The van der Waals surface area contributed by atoms with E-state index in [1.165, 1.54) is 4.68 Å². The fourth-order valence-electron chi connectivity index (χ4n) is 4.26. The SMILES string of the molecule is COCc1cc(C(=O)Nc2cc([C@@H]3CC[C@](C)(CC(=O)NC(C)C)C3)[nH]n2)n(C)n1. The molecule has 2 amide bonds. The van der Waals surface area contributed by atoms with Crippen LogP contribution in [0.5, 0.6) is 0 Å². The van der Waals surface area contributed by atoms with Crippen LogP contribution in [0.1, 0.15) is 74.2 Å². The summed E-state index contributed by atoms with van der Waals surface area (Å²) in [6.07, 6.45) is 3.42. The number of methoxy groups -OCH3 is 1. The summed E-state index contributed by atoms with van der Waals surface area (Å²) in [5.41, 5.74) is 2.10. The van der Waals surface area contributed by atoms with Crippen LogP contribution in [0.15, 0.2) is 12.1 Å². The number of ether oxygens (including phenoxy) is 1. The van der Waals surface area contributed by atoms with Crippen LogP contribution in [0, 0.1) is 5.41 Å². The van der Waals surface area contributed by atoms with Gasteiger partial charge >= 0.3 is 0 Å². The molecule has 2 heterocycles. The third kappa shape index (κ3) is 5.27. The Morgan fingerprint density at radius 3 is 2.87 bits per heavy atom. The molecule has 0 spiro atoms. The van der Waals surface area contributed by atoms with E-state index in [0.29, 0.717) is 36.2 Å². The first-order valence-corrected chi connectivity index (χ1v) is 10.4. The summed E-state index contributed by atoms with van der Waals surface area (Å²) in [6.45, 7) is 6.47. The molecule has 0 bridgehead atoms. The highest BCUT2D eigenvalue weighted by Gasteiger charge is 2.38. The number of anilines is 1. The van der Waals surface area contributed by atoms with Gasteiger partial charge in [0.25, 0.3) is 5.91 Å². The molecule has 0 aromatic carbocycles. The van der Waals surface area contributed by atoms with Crippen molar-refractivity contribution in [3.63, 3.8) is 0 Å². The fraction of sp³-hybridized carbons (Fsp3) is 0.619. The van der Waals surface area contributed by atoms with Crippen molar-refractivity contribution in [2.75, 3.05) is 12.4 Å². The van der Waals surface area contributed by atoms with Gasteiger partial charge in [-0.25, -0.2) is 0 Å². The number of carbonyl (C=O) groups is 2. The lowest BCUT2D eigenvalue weighted by atomic mass is 9.83. The van der Waals surface area contributed by atoms with Gasteiger partial charge in [-0.2, -0.15) is 10.2 Å². The van der Waals surface area contributed by atoms with Crippen LogP contribution in [-0.4, -0.2) is 44.9 Å². The van der Waals surface area contributed by atoms with E-state index in [1.807, 2.05) is 19.9 Å². The maximum Gasteiger partial charge on any atom is 0.275 e. The van der Waals surface area contributed by atoms with Crippen LogP contribution in [-0.2, 0) is 23.2 Å². The van der Waals surface area contributed by atoms with E-state index in [-0.39, 0.29) is 23.3 Å². The van der Waals surface area contributed by atoms with Crippen LogP contribution in [0.3, 0.4) is 0 Å². The van der Waals surface area contributed by atoms with Crippen LogP contribution < -0.4 is 10.6 Å². The van der Waals surface area contributed by atoms with Gasteiger partial charge in [0.15, 0.2) is 5.82 Å². The second-order valence-corrected chi connectivity index (χ2v) is 8.89. The van der Waals surface area contributed by atoms with Gasteiger partial charge in [0, 0.05) is 44.3 Å². The van der Waals surface area contributed by atoms with Gasteiger partial charge < -0.3 is 15.4 Å². The molecule has 3 rings (SSSR count). The Kier molecular flexibility index (Phi) is 6.60. The molecule has 1 aliphatic carbocycles. The zero-order valence-corrected chi connectivity index (χ0v) is 18.4. The Morgan fingerprint density at radius 2 is 2.17 bits per heavy atom. The van der Waals surface area contributed by atoms with Gasteiger partial charge in [0.2, 0.25) is 5.91 Å². The van der Waals surface area contributed by atoms with E-state index in [9.17, 15) is 9.59 Å². The molecule has 9 nitrogen and oxygen atoms in total. The highest BCUT2D eigenvalue weighted by Crippen LogP contribution is 2.48. The lowest BCUT2D eigenvalue weighted by molar-refractivity contribution is -0.123. The highest BCUT2D eigenvalue weighted by atomic mass is 16.5. The van der Waals surface area contributed by atoms with Crippen LogP contribution in [0.25, 0.3) is 0 Å². The number of aromatic amines is 1. The molecule has 0 radical (unpaired) electrons. The number of hydrogen-bond donors (Lipinski definition) is 3. The van der Waals surface area contributed by atoms with E-state index in [1.54, 1.807) is 20.2 Å². The number of H-pyrrole nitrogens is 1. The Balaban J connectivity index is 1.60. The Hall–Kier alpha value is -2.68. The summed E-state index contributed by atoms with van der Waals surface area (Å²) in [5, 5.41) is 17.4. The molecule has 1 fully saturated rings. The largest absolute Gasteiger partial charge is 0.378 e. The monoisotopic (exact) mass is 416 g/mol. The highest BCUT2D eigenvalue weighted by molar-refractivity contribution is 6.02. The molecule has 9 heteroatoms. The van der Waals surface area contributed by atoms with Gasteiger partial charge in [-0.15, -0.1) is 0 Å². The first-order valence-electron chi connectivity index (χ1n) is 10.4. The smallest absolute Gasteiger partial charge is 0.275 e. The van der Waals surface area contributed by atoms with Crippen molar-refractivity contribution in [3.8, 4) is 0 Å². The quantitative estimate of drug-likeness (QED) is 0.612. The van der Waals surface area contributed by atoms with Gasteiger partial charge in [0.1, 0.15) is 5.69 Å². The minimum absolute atomic E-state index is 0.0232. The summed E-state index contributed by atoms with van der Waals surface area (Å²) in [4.78, 5) is 24.8. The summed E-state index contributed by atoms with van der Waals surface area (Å²) in [5.74, 6) is 0.613. The Morgan fingerprint density at radius 1 is 1.40 bits per heavy atom. The average Bonchev–Trinajstić information content (AvgIpc) is 3.33. The lowest BCUT2D eigenvalue weighted by Crippen LogP contribution is -2.33. The molecule has 30 heavy (non-hydrogen) atoms. The van der Waals surface area contributed by atoms with Crippen molar-refractivity contribution < 1.29 is 14.3 Å². The van der Waals surface area contributed by atoms with E-state index in [4.69, 9.17) is 4.74 Å². The molecular weight excluding hydrogens is 384 g/mol. The number of nitrogens with zero attached hydrogens (tertiary/aromatic N) is 3. The summed E-state index contributed by atoms with van der Waals surface area (Å²) >= 11 is 0. The molecule has 2 aromatic heterocycles. The van der Waals surface area contributed by atoms with Crippen molar-refractivity contribution in [1.29, 1.82) is 0 Å². The molecule has 1 saturated carbocycles. The number of aryl methyl sites for hydroxylation is 1. The maximum atomic E-state index is 12.6. The zero-order chi connectivity index (χ0) is 21.9.